The summed E-state index contributed by atoms with van der Waals surface area (Å²) < 4.78 is 52.4. The molecule has 118 valence electrons. The highest BCUT2D eigenvalue weighted by atomic mass is 32.2. The first kappa shape index (κ1) is 16.3. The summed E-state index contributed by atoms with van der Waals surface area (Å²) in [5.41, 5.74) is 0. The lowest BCUT2D eigenvalue weighted by atomic mass is 9.85. The largest absolute Gasteiger partial charge is 0.391 e. The van der Waals surface area contributed by atoms with Gasteiger partial charge in [0.05, 0.1) is 6.10 Å². The van der Waals surface area contributed by atoms with Crippen LogP contribution in [0.4, 0.5) is 8.78 Å². The zero-order chi connectivity index (χ0) is 15.5. The van der Waals surface area contributed by atoms with Crippen LogP contribution < -0.4 is 4.72 Å². The van der Waals surface area contributed by atoms with Gasteiger partial charge in [-0.15, -0.1) is 0 Å². The third-order valence-corrected chi connectivity index (χ3v) is 5.32. The molecule has 1 aromatic rings. The second-order valence-electron chi connectivity index (χ2n) is 5.39. The summed E-state index contributed by atoms with van der Waals surface area (Å²) in [7, 11) is -4.09. The van der Waals surface area contributed by atoms with Crippen LogP contribution >= 0.6 is 0 Å². The van der Waals surface area contributed by atoms with Gasteiger partial charge in [0.1, 0.15) is 16.5 Å². The van der Waals surface area contributed by atoms with Crippen molar-refractivity contribution in [2.24, 2.45) is 5.92 Å². The Morgan fingerprint density at radius 3 is 2.52 bits per heavy atom. The normalized spacial score (nSPS) is 18.6. The van der Waals surface area contributed by atoms with E-state index >= 15 is 0 Å². The smallest absolute Gasteiger partial charge is 0.243 e. The van der Waals surface area contributed by atoms with Crippen molar-refractivity contribution in [1.29, 1.82) is 0 Å². The molecule has 1 saturated carbocycles. The van der Waals surface area contributed by atoms with E-state index in [9.17, 15) is 22.3 Å². The van der Waals surface area contributed by atoms with Crippen molar-refractivity contribution in [3.8, 4) is 0 Å². The Morgan fingerprint density at radius 2 is 1.90 bits per heavy atom. The molecule has 0 spiro atoms. The molecule has 1 aliphatic rings. The predicted molar refractivity (Wildman–Crippen MR) is 74.1 cm³/mol. The van der Waals surface area contributed by atoms with Gasteiger partial charge in [0.2, 0.25) is 10.0 Å². The molecule has 1 aromatic carbocycles. The van der Waals surface area contributed by atoms with Crippen LogP contribution in [0.1, 0.15) is 32.1 Å². The Hall–Kier alpha value is -1.05. The van der Waals surface area contributed by atoms with Crippen LogP contribution in [0.25, 0.3) is 0 Å². The van der Waals surface area contributed by atoms with E-state index in [0.29, 0.717) is 6.07 Å². The molecule has 1 fully saturated rings. The fraction of sp³-hybridized carbons (Fsp3) is 0.571. The third kappa shape index (κ3) is 4.21. The molecule has 0 radical (unpaired) electrons. The van der Waals surface area contributed by atoms with Crippen LogP contribution in [0.5, 0.6) is 0 Å². The predicted octanol–water partition coefficient (Wildman–Crippen LogP) is 2.18. The Morgan fingerprint density at radius 1 is 1.24 bits per heavy atom. The maximum absolute atomic E-state index is 13.5. The van der Waals surface area contributed by atoms with Crippen LogP contribution in [0, 0.1) is 17.6 Å². The highest BCUT2D eigenvalue weighted by Gasteiger charge is 2.25. The number of nitrogens with one attached hydrogen (secondary N) is 1. The molecule has 2 N–H and O–H groups in total. The lowest BCUT2D eigenvalue weighted by Crippen LogP contribution is -2.37. The molecule has 0 aromatic heterocycles. The van der Waals surface area contributed by atoms with E-state index in [2.05, 4.69) is 4.72 Å². The summed E-state index contributed by atoms with van der Waals surface area (Å²) in [5, 5.41) is 10.0. The first-order valence-corrected chi connectivity index (χ1v) is 8.51. The number of aliphatic hydroxyl groups is 1. The van der Waals surface area contributed by atoms with Crippen molar-refractivity contribution in [3.05, 3.63) is 29.8 Å². The van der Waals surface area contributed by atoms with Gasteiger partial charge in [-0.1, -0.05) is 19.3 Å². The van der Waals surface area contributed by atoms with Gasteiger partial charge in [-0.3, -0.25) is 0 Å². The molecule has 0 heterocycles. The van der Waals surface area contributed by atoms with Gasteiger partial charge >= 0.3 is 0 Å². The van der Waals surface area contributed by atoms with Crippen molar-refractivity contribution in [3.63, 3.8) is 0 Å². The Bertz CT molecular complexity index is 586. The number of hydrogen-bond acceptors (Lipinski definition) is 3. The SMILES string of the molecule is O=S(=O)(NCC(O)C1CCCCC1)c1ccc(F)cc1F. The molecule has 0 saturated heterocycles. The zero-order valence-corrected chi connectivity index (χ0v) is 12.4. The minimum Gasteiger partial charge on any atom is -0.391 e. The lowest BCUT2D eigenvalue weighted by molar-refractivity contribution is 0.0888. The summed E-state index contributed by atoms with van der Waals surface area (Å²) in [6.07, 6.45) is 4.14. The van der Waals surface area contributed by atoms with Crippen LogP contribution in [-0.2, 0) is 10.0 Å². The summed E-state index contributed by atoms with van der Waals surface area (Å²) in [6.45, 7) is -0.163. The molecular formula is C14H19F2NO3S. The Kier molecular flexibility index (Phi) is 5.29. The number of sulfonamides is 1. The lowest BCUT2D eigenvalue weighted by Gasteiger charge is -2.26. The quantitative estimate of drug-likeness (QED) is 0.874. The van der Waals surface area contributed by atoms with Crippen molar-refractivity contribution in [1.82, 2.24) is 4.72 Å². The number of aliphatic hydroxyl groups excluding tert-OH is 1. The van der Waals surface area contributed by atoms with E-state index in [1.165, 1.54) is 0 Å². The van der Waals surface area contributed by atoms with Gasteiger partial charge < -0.3 is 5.11 Å². The van der Waals surface area contributed by atoms with Crippen LogP contribution in [0.2, 0.25) is 0 Å². The summed E-state index contributed by atoms with van der Waals surface area (Å²) in [6, 6.07) is 2.28. The van der Waals surface area contributed by atoms with Crippen molar-refractivity contribution < 1.29 is 22.3 Å². The Labute approximate surface area is 123 Å². The van der Waals surface area contributed by atoms with Gasteiger partial charge in [-0.05, 0) is 30.9 Å². The number of hydrogen-bond donors (Lipinski definition) is 2. The standard InChI is InChI=1S/C14H19F2NO3S/c15-11-6-7-14(12(16)8-11)21(19,20)17-9-13(18)10-4-2-1-3-5-10/h6-8,10,13,17-18H,1-5,9H2. The molecule has 7 heteroatoms. The van der Waals surface area contributed by atoms with Crippen LogP contribution in [0.15, 0.2) is 23.1 Å². The first-order chi connectivity index (χ1) is 9.90. The molecule has 4 nitrogen and oxygen atoms in total. The first-order valence-electron chi connectivity index (χ1n) is 7.03. The molecule has 2 rings (SSSR count). The average Bonchev–Trinajstić information content (AvgIpc) is 2.45. The van der Waals surface area contributed by atoms with Gasteiger partial charge in [0.15, 0.2) is 0 Å². The number of benzene rings is 1. The maximum Gasteiger partial charge on any atom is 0.243 e. The molecule has 0 bridgehead atoms. The minimum absolute atomic E-state index is 0.0690. The number of rotatable bonds is 5. The highest BCUT2D eigenvalue weighted by molar-refractivity contribution is 7.89. The minimum atomic E-state index is -4.09. The zero-order valence-electron chi connectivity index (χ0n) is 11.6. The summed E-state index contributed by atoms with van der Waals surface area (Å²) in [4.78, 5) is -0.611. The highest BCUT2D eigenvalue weighted by Crippen LogP contribution is 2.26. The molecular weight excluding hydrogens is 300 g/mol. The third-order valence-electron chi connectivity index (χ3n) is 3.86. The second-order valence-corrected chi connectivity index (χ2v) is 7.13. The van der Waals surface area contributed by atoms with E-state index in [1.54, 1.807) is 0 Å². The molecule has 0 amide bonds. The Balaban J connectivity index is 2.00. The average molecular weight is 319 g/mol. The monoisotopic (exact) mass is 319 g/mol. The second kappa shape index (κ2) is 6.81. The molecule has 1 atom stereocenters. The fourth-order valence-corrected chi connectivity index (χ4v) is 3.76. The molecule has 0 aliphatic heterocycles. The van der Waals surface area contributed by atoms with Crippen molar-refractivity contribution >= 4 is 10.0 Å². The maximum atomic E-state index is 13.5. The van der Waals surface area contributed by atoms with E-state index in [1.807, 2.05) is 0 Å². The van der Waals surface area contributed by atoms with Gasteiger partial charge in [0.25, 0.3) is 0 Å². The summed E-state index contributed by atoms with van der Waals surface area (Å²) >= 11 is 0. The van der Waals surface area contributed by atoms with Gasteiger partial charge in [-0.2, -0.15) is 0 Å². The van der Waals surface area contributed by atoms with E-state index < -0.39 is 32.7 Å². The van der Waals surface area contributed by atoms with E-state index in [4.69, 9.17) is 0 Å². The number of halogens is 2. The van der Waals surface area contributed by atoms with Crippen molar-refractivity contribution in [2.45, 2.75) is 43.1 Å². The summed E-state index contributed by atoms with van der Waals surface area (Å²) in [5.74, 6) is -1.91. The molecule has 1 aliphatic carbocycles. The van der Waals surface area contributed by atoms with Crippen molar-refractivity contribution in [2.75, 3.05) is 6.54 Å². The van der Waals surface area contributed by atoms with E-state index in [0.717, 1.165) is 44.2 Å². The van der Waals surface area contributed by atoms with E-state index in [-0.39, 0.29) is 12.5 Å². The van der Waals surface area contributed by atoms with Crippen LogP contribution in [-0.4, -0.2) is 26.2 Å². The topological polar surface area (TPSA) is 66.4 Å². The van der Waals surface area contributed by atoms with Gasteiger partial charge in [0, 0.05) is 12.6 Å². The van der Waals surface area contributed by atoms with Crippen LogP contribution in [0.3, 0.4) is 0 Å². The van der Waals surface area contributed by atoms with Gasteiger partial charge in [-0.25, -0.2) is 21.9 Å². The molecule has 1 unspecified atom stereocenters. The fourth-order valence-electron chi connectivity index (χ4n) is 2.65. The molecule has 21 heavy (non-hydrogen) atoms.